The molecule has 2 heterocycles. The molecule has 0 saturated carbocycles. The van der Waals surface area contributed by atoms with E-state index in [0.29, 0.717) is 42.5 Å². The molecule has 9 N–H and O–H groups in total. The van der Waals surface area contributed by atoms with Gasteiger partial charge in [-0.3, -0.25) is 14.8 Å². The van der Waals surface area contributed by atoms with Gasteiger partial charge in [0.15, 0.2) is 5.89 Å². The summed E-state index contributed by atoms with van der Waals surface area (Å²) in [5, 5.41) is 19.3. The topological polar surface area (TPSA) is 215 Å². The molecule has 0 aliphatic carbocycles. The Hall–Kier alpha value is -3.50. The molecule has 1 aromatic carbocycles. The van der Waals surface area contributed by atoms with Crippen molar-refractivity contribution < 1.29 is 27.5 Å². The number of carbonyl (C=O) groups excluding carboxylic acids is 1. The highest BCUT2D eigenvalue weighted by atomic mass is 32.2. The van der Waals surface area contributed by atoms with E-state index in [1.165, 1.54) is 23.6 Å². The van der Waals surface area contributed by atoms with Crippen LogP contribution in [0.15, 0.2) is 45.0 Å². The maximum atomic E-state index is 13.1. The Morgan fingerprint density at radius 3 is 2.63 bits per heavy atom. The van der Waals surface area contributed by atoms with Crippen LogP contribution in [0.25, 0.3) is 0 Å². The van der Waals surface area contributed by atoms with Crippen LogP contribution >= 0.6 is 11.3 Å². The van der Waals surface area contributed by atoms with Gasteiger partial charge in [0, 0.05) is 12.6 Å². The first-order valence-electron chi connectivity index (χ1n) is 11.6. The number of rotatable bonds is 14. The number of aliphatic carboxylic acids is 1. The van der Waals surface area contributed by atoms with Crippen molar-refractivity contribution in [2.24, 2.45) is 11.5 Å². The van der Waals surface area contributed by atoms with E-state index in [0.717, 1.165) is 11.3 Å². The minimum absolute atomic E-state index is 0.0258. The number of aromatic nitrogens is 1. The Morgan fingerprint density at radius 1 is 1.21 bits per heavy atom. The molecule has 0 saturated heterocycles. The molecule has 206 valence electrons. The molecular formula is C23H31N7O6S2. The summed E-state index contributed by atoms with van der Waals surface area (Å²) in [5.41, 5.74) is 12.1. The van der Waals surface area contributed by atoms with Crippen molar-refractivity contribution in [3.8, 4) is 0 Å². The molecule has 3 rings (SSSR count). The molecule has 1 amide bonds. The van der Waals surface area contributed by atoms with Gasteiger partial charge >= 0.3 is 5.97 Å². The monoisotopic (exact) mass is 565 g/mol. The lowest BCUT2D eigenvalue weighted by Crippen LogP contribution is -2.46. The molecule has 2 aromatic heterocycles. The summed E-state index contributed by atoms with van der Waals surface area (Å²) in [6.07, 6.45) is -0.208. The molecule has 0 bridgehead atoms. The molecule has 0 spiro atoms. The first-order chi connectivity index (χ1) is 18.0. The van der Waals surface area contributed by atoms with Crippen LogP contribution in [0.2, 0.25) is 0 Å². The average Bonchev–Trinajstić information content (AvgIpc) is 3.44. The molecule has 0 radical (unpaired) electrons. The van der Waals surface area contributed by atoms with Gasteiger partial charge in [0.25, 0.3) is 15.9 Å². The smallest absolute Gasteiger partial charge is 0.326 e. The number of nitrogens with two attached hydrogens (primary N) is 2. The number of oxazole rings is 1. The van der Waals surface area contributed by atoms with E-state index in [2.05, 4.69) is 25.7 Å². The lowest BCUT2D eigenvalue weighted by Gasteiger charge is -2.16. The number of aryl methyl sites for hydroxylation is 2. The molecule has 0 unspecified atom stereocenters. The van der Waals surface area contributed by atoms with Crippen molar-refractivity contribution in [2.75, 3.05) is 16.6 Å². The largest absolute Gasteiger partial charge is 0.480 e. The van der Waals surface area contributed by atoms with E-state index < -0.39 is 34.2 Å². The third-order valence-electron chi connectivity index (χ3n) is 5.37. The minimum atomic E-state index is -4.07. The zero-order chi connectivity index (χ0) is 27.9. The van der Waals surface area contributed by atoms with E-state index >= 15 is 0 Å². The Bertz CT molecular complexity index is 1370. The van der Waals surface area contributed by atoms with Gasteiger partial charge in [-0.25, -0.2) is 18.2 Å². The Labute approximate surface area is 224 Å². The highest BCUT2D eigenvalue weighted by Crippen LogP contribution is 2.26. The fourth-order valence-electron chi connectivity index (χ4n) is 3.52. The van der Waals surface area contributed by atoms with Gasteiger partial charge in [-0.05, 0) is 56.0 Å². The van der Waals surface area contributed by atoms with Gasteiger partial charge < -0.3 is 31.6 Å². The fraction of sp³-hybridized carbons (Fsp3) is 0.348. The summed E-state index contributed by atoms with van der Waals surface area (Å²) < 4.78 is 34.0. The number of benzene rings is 1. The van der Waals surface area contributed by atoms with Crippen LogP contribution in [-0.2, 0) is 21.4 Å². The highest BCUT2D eigenvalue weighted by molar-refractivity contribution is 7.92. The fourth-order valence-corrected chi connectivity index (χ4v) is 5.45. The lowest BCUT2D eigenvalue weighted by molar-refractivity contribution is -0.139. The first kappa shape index (κ1) is 29.1. The third-order valence-corrected chi connectivity index (χ3v) is 7.65. The molecule has 15 heteroatoms. The Kier molecular flexibility index (Phi) is 9.82. The average molecular weight is 566 g/mol. The second-order valence-corrected chi connectivity index (χ2v) is 11.0. The van der Waals surface area contributed by atoms with Gasteiger partial charge in [0.1, 0.15) is 28.7 Å². The highest BCUT2D eigenvalue weighted by Gasteiger charge is 2.25. The van der Waals surface area contributed by atoms with Gasteiger partial charge in [-0.2, -0.15) is 0 Å². The maximum absolute atomic E-state index is 13.1. The van der Waals surface area contributed by atoms with Crippen molar-refractivity contribution in [3.63, 3.8) is 0 Å². The molecule has 1 atom stereocenters. The van der Waals surface area contributed by atoms with Crippen LogP contribution in [0.5, 0.6) is 0 Å². The standard InChI is InChI=1S/C23H31N7O6S2/c1-13-19(28-14(2)36-13)12-27-15-5-3-6-16(11-15)38(34,35)30-17-8-10-37-20(17)21(31)29-18(22(32)33)7-4-9-26-23(24)25/h3,5-6,8,10-11,18,23,26-27,30H,4,7,9,12,24-25H2,1-2H3,(H,29,31)(H,32,33)/t18-/m0/s1. The van der Waals surface area contributed by atoms with Crippen molar-refractivity contribution in [2.45, 2.75) is 50.5 Å². The third kappa shape index (κ3) is 8.00. The summed E-state index contributed by atoms with van der Waals surface area (Å²) in [6.45, 7) is 4.25. The van der Waals surface area contributed by atoms with Gasteiger partial charge in [0.05, 0.1) is 17.1 Å². The summed E-state index contributed by atoms with van der Waals surface area (Å²) in [6, 6.07) is 6.45. The van der Waals surface area contributed by atoms with E-state index in [1.54, 1.807) is 26.0 Å². The predicted octanol–water partition coefficient (Wildman–Crippen LogP) is 1.52. The van der Waals surface area contributed by atoms with Crippen molar-refractivity contribution in [1.82, 2.24) is 15.6 Å². The van der Waals surface area contributed by atoms with Crippen molar-refractivity contribution in [3.05, 3.63) is 57.9 Å². The number of amides is 1. The number of hydrogen-bond acceptors (Lipinski definition) is 11. The maximum Gasteiger partial charge on any atom is 0.326 e. The SMILES string of the molecule is Cc1nc(CNc2cccc(S(=O)(=O)Nc3ccsc3C(=O)N[C@@H](CCCNC(N)N)C(=O)O)c2)c(C)o1. The predicted molar refractivity (Wildman–Crippen MR) is 143 cm³/mol. The first-order valence-corrected chi connectivity index (χ1v) is 14.0. The number of thiophene rings is 1. The number of carbonyl (C=O) groups is 2. The second-order valence-electron chi connectivity index (χ2n) is 8.37. The summed E-state index contributed by atoms with van der Waals surface area (Å²) in [7, 11) is -4.07. The number of nitrogens with one attached hydrogen (secondary N) is 4. The van der Waals surface area contributed by atoms with Crippen molar-refractivity contribution in [1.29, 1.82) is 0 Å². The van der Waals surface area contributed by atoms with Crippen LogP contribution < -0.4 is 32.1 Å². The Morgan fingerprint density at radius 2 is 1.97 bits per heavy atom. The molecule has 3 aromatic rings. The van der Waals surface area contributed by atoms with E-state index in [1.807, 2.05) is 0 Å². The van der Waals surface area contributed by atoms with Crippen LogP contribution in [0.4, 0.5) is 11.4 Å². The van der Waals surface area contributed by atoms with Crippen molar-refractivity contribution >= 4 is 44.6 Å². The van der Waals surface area contributed by atoms with Crippen LogP contribution in [0, 0.1) is 13.8 Å². The number of carboxylic acid groups (broad SMARTS) is 1. The van der Waals surface area contributed by atoms with Crippen LogP contribution in [0.3, 0.4) is 0 Å². The van der Waals surface area contributed by atoms with Gasteiger partial charge in [-0.1, -0.05) is 6.07 Å². The van der Waals surface area contributed by atoms with E-state index in [9.17, 15) is 23.1 Å². The number of nitrogens with zero attached hydrogens (tertiary/aromatic N) is 1. The molecule has 0 fully saturated rings. The Balaban J connectivity index is 1.67. The molecule has 0 aliphatic heterocycles. The van der Waals surface area contributed by atoms with E-state index in [4.69, 9.17) is 15.9 Å². The second kappa shape index (κ2) is 12.8. The van der Waals surface area contributed by atoms with Crippen LogP contribution in [-0.4, -0.2) is 49.3 Å². The zero-order valence-corrected chi connectivity index (χ0v) is 22.5. The van der Waals surface area contributed by atoms with Gasteiger partial charge in [-0.15, -0.1) is 11.3 Å². The molecule has 0 aliphatic rings. The number of carboxylic acids is 1. The quantitative estimate of drug-likeness (QED) is 0.110. The minimum Gasteiger partial charge on any atom is -0.480 e. The summed E-state index contributed by atoms with van der Waals surface area (Å²) in [5.74, 6) is -0.708. The molecular weight excluding hydrogens is 534 g/mol. The number of anilines is 2. The normalized spacial score (nSPS) is 12.3. The van der Waals surface area contributed by atoms with Crippen LogP contribution in [0.1, 0.15) is 39.9 Å². The van der Waals surface area contributed by atoms with E-state index in [-0.39, 0.29) is 21.9 Å². The lowest BCUT2D eigenvalue weighted by atomic mass is 10.1. The molecule has 38 heavy (non-hydrogen) atoms. The summed E-state index contributed by atoms with van der Waals surface area (Å²) in [4.78, 5) is 28.7. The molecule has 13 nitrogen and oxygen atoms in total. The number of sulfonamides is 1. The van der Waals surface area contributed by atoms with Gasteiger partial charge in [0.2, 0.25) is 0 Å². The summed E-state index contributed by atoms with van der Waals surface area (Å²) >= 11 is 0.986. The zero-order valence-electron chi connectivity index (χ0n) is 20.9. The number of hydrogen-bond donors (Lipinski definition) is 7.